The molecule has 13 heteroatoms. The van der Waals surface area contributed by atoms with E-state index in [1.807, 2.05) is 74.5 Å². The molecule has 0 heterocycles. The first-order valence-corrected chi connectivity index (χ1v) is 19.8. The van der Waals surface area contributed by atoms with Crippen molar-refractivity contribution in [3.8, 4) is 0 Å². The highest BCUT2D eigenvalue weighted by Crippen LogP contribution is 2.30. The SMILES string of the molecule is CCCC[C@@H](C=O)NC(=O)C1(NC(=O)OCc2ccccc2)CCCCC1.CCCC[C@H](NC(=O)C1(NC(=O)OCc2ccccc2)CCCCC1)C(=O)O. The minimum Gasteiger partial charge on any atom is -0.480 e. The Balaban J connectivity index is 0.000000296. The van der Waals surface area contributed by atoms with Crippen molar-refractivity contribution < 1.29 is 43.3 Å². The third-order valence-electron chi connectivity index (χ3n) is 10.2. The average Bonchev–Trinajstić information content (AvgIpc) is 3.20. The van der Waals surface area contributed by atoms with Gasteiger partial charge in [0, 0.05) is 0 Å². The van der Waals surface area contributed by atoms with Gasteiger partial charge in [-0.3, -0.25) is 9.59 Å². The van der Waals surface area contributed by atoms with Gasteiger partial charge >= 0.3 is 18.2 Å². The zero-order valence-electron chi connectivity index (χ0n) is 32.4. The van der Waals surface area contributed by atoms with Crippen LogP contribution in [0.2, 0.25) is 0 Å². The van der Waals surface area contributed by atoms with Gasteiger partial charge < -0.3 is 40.6 Å². The summed E-state index contributed by atoms with van der Waals surface area (Å²) < 4.78 is 10.6. The van der Waals surface area contributed by atoms with Crippen molar-refractivity contribution in [2.24, 2.45) is 0 Å². The number of hydrogen-bond acceptors (Lipinski definition) is 8. The molecular formula is C42H60N4O9. The van der Waals surface area contributed by atoms with Gasteiger partial charge in [-0.25, -0.2) is 14.4 Å². The average molecular weight is 765 g/mol. The summed E-state index contributed by atoms with van der Waals surface area (Å²) >= 11 is 0. The summed E-state index contributed by atoms with van der Waals surface area (Å²) in [6, 6.07) is 17.2. The molecule has 2 aliphatic carbocycles. The van der Waals surface area contributed by atoms with E-state index in [2.05, 4.69) is 21.3 Å². The highest BCUT2D eigenvalue weighted by Gasteiger charge is 2.43. The second-order valence-corrected chi connectivity index (χ2v) is 14.5. The Morgan fingerprint density at radius 3 is 1.47 bits per heavy atom. The summed E-state index contributed by atoms with van der Waals surface area (Å²) in [6.07, 6.45) is 11.2. The third kappa shape index (κ3) is 15.0. The van der Waals surface area contributed by atoms with E-state index in [-0.39, 0.29) is 19.1 Å². The third-order valence-corrected chi connectivity index (χ3v) is 10.2. The Hall–Kier alpha value is -4.94. The number of aliphatic carboxylic acids is 1. The van der Waals surface area contributed by atoms with Gasteiger partial charge in [0.25, 0.3) is 0 Å². The van der Waals surface area contributed by atoms with Gasteiger partial charge in [0.15, 0.2) is 0 Å². The molecule has 0 unspecified atom stereocenters. The van der Waals surface area contributed by atoms with E-state index in [4.69, 9.17) is 9.47 Å². The quantitative estimate of drug-likeness (QED) is 0.101. The molecule has 4 amide bonds. The summed E-state index contributed by atoms with van der Waals surface area (Å²) in [7, 11) is 0. The molecule has 0 saturated heterocycles. The first-order valence-electron chi connectivity index (χ1n) is 19.8. The molecule has 2 atom stereocenters. The van der Waals surface area contributed by atoms with Crippen molar-refractivity contribution in [2.75, 3.05) is 0 Å². The van der Waals surface area contributed by atoms with Crippen LogP contribution in [0.15, 0.2) is 60.7 Å². The zero-order chi connectivity index (χ0) is 39.9. The Morgan fingerprint density at radius 2 is 1.07 bits per heavy atom. The molecule has 0 radical (unpaired) electrons. The molecule has 0 spiro atoms. The normalized spacial score (nSPS) is 16.7. The van der Waals surface area contributed by atoms with E-state index in [0.29, 0.717) is 44.9 Å². The molecule has 2 aliphatic rings. The number of ether oxygens (including phenoxy) is 2. The molecule has 2 aromatic carbocycles. The fourth-order valence-electron chi connectivity index (χ4n) is 6.90. The molecule has 2 fully saturated rings. The number of aldehydes is 1. The highest BCUT2D eigenvalue weighted by molar-refractivity contribution is 5.93. The molecule has 5 N–H and O–H groups in total. The van der Waals surface area contributed by atoms with Crippen LogP contribution in [-0.4, -0.2) is 64.5 Å². The number of benzene rings is 2. The van der Waals surface area contributed by atoms with Crippen LogP contribution in [0.4, 0.5) is 9.59 Å². The standard InChI is InChI=1S/C21H30N2O5.C21H30N2O4/c1-2-3-12-17(18(24)25)22-19(26)21(13-8-5-9-14-21)23-20(27)28-15-16-10-6-4-7-11-16;1-2-3-12-18(15-24)22-19(25)21(13-8-5-9-14-21)23-20(26)27-16-17-10-6-4-7-11-17/h4,6-7,10-11,17H,2-3,5,8-9,12-15H2,1H3,(H,22,26)(H,23,27)(H,24,25);4,6-7,10-11,15,18H,2-3,5,8-9,12-14,16H2,1H3,(H,22,25)(H,23,26)/t17-;18-/m00/s1. The van der Waals surface area contributed by atoms with Crippen LogP contribution in [0, 0.1) is 0 Å². The van der Waals surface area contributed by atoms with E-state index in [1.54, 1.807) is 0 Å². The second kappa shape index (κ2) is 23.8. The van der Waals surface area contributed by atoms with Gasteiger partial charge in [-0.05, 0) is 49.7 Å². The summed E-state index contributed by atoms with van der Waals surface area (Å²) in [5.74, 6) is -1.78. The maximum atomic E-state index is 13.0. The Labute approximate surface area is 325 Å². The van der Waals surface area contributed by atoms with E-state index < -0.39 is 47.2 Å². The molecule has 2 aromatic rings. The number of nitrogens with one attached hydrogen (secondary N) is 4. The lowest BCUT2D eigenvalue weighted by molar-refractivity contribution is -0.143. The smallest absolute Gasteiger partial charge is 0.408 e. The summed E-state index contributed by atoms with van der Waals surface area (Å²) in [5, 5.41) is 20.4. The number of carboxylic acid groups (broad SMARTS) is 1. The topological polar surface area (TPSA) is 189 Å². The van der Waals surface area contributed by atoms with Crippen LogP contribution >= 0.6 is 0 Å². The van der Waals surface area contributed by atoms with Gasteiger partial charge in [-0.2, -0.15) is 0 Å². The van der Waals surface area contributed by atoms with Crippen LogP contribution in [0.25, 0.3) is 0 Å². The zero-order valence-corrected chi connectivity index (χ0v) is 32.4. The molecule has 0 aromatic heterocycles. The lowest BCUT2D eigenvalue weighted by Crippen LogP contribution is -2.62. The molecule has 0 bridgehead atoms. The van der Waals surface area contributed by atoms with Crippen LogP contribution in [0.1, 0.15) is 128 Å². The van der Waals surface area contributed by atoms with Crippen molar-refractivity contribution in [1.29, 1.82) is 0 Å². The van der Waals surface area contributed by atoms with Crippen LogP contribution in [0.5, 0.6) is 0 Å². The number of carbonyl (C=O) groups is 6. The predicted molar refractivity (Wildman–Crippen MR) is 208 cm³/mol. The molecule has 13 nitrogen and oxygen atoms in total. The molecule has 55 heavy (non-hydrogen) atoms. The minimum absolute atomic E-state index is 0.110. The predicted octanol–water partition coefficient (Wildman–Crippen LogP) is 6.86. The van der Waals surface area contributed by atoms with Crippen LogP contribution in [-0.2, 0) is 41.9 Å². The molecule has 302 valence electrons. The van der Waals surface area contributed by atoms with Gasteiger partial charge in [0.05, 0.1) is 6.04 Å². The second-order valence-electron chi connectivity index (χ2n) is 14.5. The van der Waals surface area contributed by atoms with Gasteiger partial charge in [-0.1, -0.05) is 139 Å². The fourth-order valence-corrected chi connectivity index (χ4v) is 6.90. The van der Waals surface area contributed by atoms with E-state index in [1.165, 1.54) is 0 Å². The van der Waals surface area contributed by atoms with Crippen molar-refractivity contribution >= 4 is 36.3 Å². The number of amides is 4. The molecular weight excluding hydrogens is 704 g/mol. The molecule has 0 aliphatic heterocycles. The van der Waals surface area contributed by atoms with Crippen molar-refractivity contribution in [1.82, 2.24) is 21.3 Å². The first-order chi connectivity index (χ1) is 26.6. The summed E-state index contributed by atoms with van der Waals surface area (Å²) in [4.78, 5) is 73.4. The maximum Gasteiger partial charge on any atom is 0.408 e. The fraction of sp³-hybridized carbons (Fsp3) is 0.571. The van der Waals surface area contributed by atoms with Crippen molar-refractivity contribution in [2.45, 2.75) is 153 Å². The maximum absolute atomic E-state index is 13.0. The summed E-state index contributed by atoms with van der Waals surface area (Å²) in [5.41, 5.74) is -0.383. The van der Waals surface area contributed by atoms with Crippen molar-refractivity contribution in [3.63, 3.8) is 0 Å². The highest BCUT2D eigenvalue weighted by atomic mass is 16.6. The monoisotopic (exact) mass is 764 g/mol. The van der Waals surface area contributed by atoms with Crippen LogP contribution < -0.4 is 21.3 Å². The lowest BCUT2D eigenvalue weighted by atomic mass is 9.80. The van der Waals surface area contributed by atoms with E-state index in [9.17, 15) is 33.9 Å². The number of alkyl carbamates (subject to hydrolysis) is 2. The van der Waals surface area contributed by atoms with Gasteiger partial charge in [-0.15, -0.1) is 0 Å². The lowest BCUT2D eigenvalue weighted by Gasteiger charge is -2.36. The number of carbonyl (C=O) groups excluding carboxylic acids is 5. The number of rotatable bonds is 18. The number of unbranched alkanes of at least 4 members (excludes halogenated alkanes) is 2. The summed E-state index contributed by atoms with van der Waals surface area (Å²) in [6.45, 7) is 4.26. The van der Waals surface area contributed by atoms with Crippen molar-refractivity contribution in [3.05, 3.63) is 71.8 Å². The largest absolute Gasteiger partial charge is 0.480 e. The van der Waals surface area contributed by atoms with Gasteiger partial charge in [0.1, 0.15) is 36.6 Å². The number of carboxylic acids is 1. The Kier molecular flexibility index (Phi) is 19.2. The van der Waals surface area contributed by atoms with E-state index in [0.717, 1.165) is 75.2 Å². The Bertz CT molecular complexity index is 1490. The van der Waals surface area contributed by atoms with Gasteiger partial charge in [0.2, 0.25) is 11.8 Å². The minimum atomic E-state index is -1.12. The number of hydrogen-bond donors (Lipinski definition) is 5. The Morgan fingerprint density at radius 1 is 0.655 bits per heavy atom. The first kappa shape index (κ1) is 44.5. The van der Waals surface area contributed by atoms with Crippen LogP contribution in [0.3, 0.4) is 0 Å². The van der Waals surface area contributed by atoms with E-state index >= 15 is 0 Å². The molecule has 4 rings (SSSR count). The molecule has 2 saturated carbocycles.